The third kappa shape index (κ3) is 2.96. The molecule has 2 heterocycles. The molecule has 0 saturated heterocycles. The van der Waals surface area contributed by atoms with Crippen LogP contribution in [-0.4, -0.2) is 17.3 Å². The van der Waals surface area contributed by atoms with E-state index in [-0.39, 0.29) is 5.56 Å². The summed E-state index contributed by atoms with van der Waals surface area (Å²) in [4.78, 5) is 27.4. The van der Waals surface area contributed by atoms with Gasteiger partial charge in [-0.3, -0.25) is 4.99 Å². The molecule has 5 aromatic rings. The van der Waals surface area contributed by atoms with E-state index in [1.165, 1.54) is 18.2 Å². The van der Waals surface area contributed by atoms with Gasteiger partial charge in [0.1, 0.15) is 16.7 Å². The maximum Gasteiger partial charge on any atom is 0.336 e. The summed E-state index contributed by atoms with van der Waals surface area (Å²) in [6, 6.07) is 18.9. The molecule has 6 heteroatoms. The van der Waals surface area contributed by atoms with Crippen LogP contribution in [0.15, 0.2) is 85.4 Å². The lowest BCUT2D eigenvalue weighted by Crippen LogP contribution is -2.00. The Morgan fingerprint density at radius 3 is 2.38 bits per heavy atom. The van der Waals surface area contributed by atoms with Gasteiger partial charge in [-0.25, -0.2) is 9.59 Å². The van der Waals surface area contributed by atoms with E-state index in [4.69, 9.17) is 13.9 Å². The van der Waals surface area contributed by atoms with E-state index in [0.717, 1.165) is 21.7 Å². The lowest BCUT2D eigenvalue weighted by Gasteiger charge is -2.01. The maximum absolute atomic E-state index is 12.0. The number of benzene rings is 3. The number of hydrogen-bond donors (Lipinski definition) is 1. The number of fused-ring (bicyclic) bond motifs is 4. The Kier molecular flexibility index (Phi) is 3.77. The summed E-state index contributed by atoms with van der Waals surface area (Å²) in [5, 5.41) is 11.6. The lowest BCUT2D eigenvalue weighted by molar-refractivity contribution is 0.0697. The summed E-state index contributed by atoms with van der Waals surface area (Å²) >= 11 is 0. The van der Waals surface area contributed by atoms with E-state index in [0.29, 0.717) is 22.4 Å². The largest absolute Gasteiger partial charge is 0.478 e. The molecule has 2 aromatic heterocycles. The second kappa shape index (κ2) is 6.45. The summed E-state index contributed by atoms with van der Waals surface area (Å²) in [5.74, 6) is -0.997. The number of carboxylic acids is 1. The quantitative estimate of drug-likeness (QED) is 0.344. The molecule has 5 rings (SSSR count). The standard InChI is InChI=1S/C23H13NO5/c25-22-9-14(12-24-15-7-5-13(6-8-15)23(26)27)17-10-18-16-3-1-2-4-19(16)28-21(18)11-20(17)29-22/h1-12H,(H,26,27). The summed E-state index contributed by atoms with van der Waals surface area (Å²) in [6.45, 7) is 0. The van der Waals surface area contributed by atoms with Crippen LogP contribution < -0.4 is 5.63 Å². The van der Waals surface area contributed by atoms with Crippen molar-refractivity contribution in [1.29, 1.82) is 0 Å². The van der Waals surface area contributed by atoms with Crippen LogP contribution in [0.5, 0.6) is 0 Å². The molecule has 6 nitrogen and oxygen atoms in total. The van der Waals surface area contributed by atoms with Crippen molar-refractivity contribution in [3.8, 4) is 0 Å². The molecule has 0 spiro atoms. The highest BCUT2D eigenvalue weighted by atomic mass is 16.4. The Morgan fingerprint density at radius 2 is 1.59 bits per heavy atom. The van der Waals surface area contributed by atoms with Gasteiger partial charge in [-0.1, -0.05) is 18.2 Å². The van der Waals surface area contributed by atoms with Gasteiger partial charge in [0.15, 0.2) is 0 Å². The van der Waals surface area contributed by atoms with Crippen LogP contribution in [0, 0.1) is 0 Å². The number of rotatable bonds is 3. The van der Waals surface area contributed by atoms with Gasteiger partial charge in [0, 0.05) is 40.1 Å². The molecule has 0 aliphatic heterocycles. The summed E-state index contributed by atoms with van der Waals surface area (Å²) < 4.78 is 11.2. The molecule has 0 fully saturated rings. The highest BCUT2D eigenvalue weighted by Gasteiger charge is 2.12. The number of hydrogen-bond acceptors (Lipinski definition) is 5. The van der Waals surface area contributed by atoms with Crippen molar-refractivity contribution in [2.75, 3.05) is 0 Å². The van der Waals surface area contributed by atoms with E-state index < -0.39 is 11.6 Å². The molecule has 140 valence electrons. The van der Waals surface area contributed by atoms with Crippen molar-refractivity contribution in [1.82, 2.24) is 0 Å². The third-order valence-electron chi connectivity index (χ3n) is 4.74. The number of para-hydroxylation sites is 1. The van der Waals surface area contributed by atoms with Crippen molar-refractivity contribution < 1.29 is 18.7 Å². The van der Waals surface area contributed by atoms with Gasteiger partial charge >= 0.3 is 11.6 Å². The molecular formula is C23H13NO5. The SMILES string of the molecule is O=C(O)c1ccc(N=Cc2cc(=O)oc3cc4oc5ccccc5c4cc23)cc1. The Morgan fingerprint density at radius 1 is 0.828 bits per heavy atom. The monoisotopic (exact) mass is 383 g/mol. The van der Waals surface area contributed by atoms with Gasteiger partial charge in [0.25, 0.3) is 0 Å². The van der Waals surface area contributed by atoms with Gasteiger partial charge in [0.05, 0.1) is 11.3 Å². The van der Waals surface area contributed by atoms with Gasteiger partial charge in [-0.2, -0.15) is 0 Å². The average Bonchev–Trinajstić information content (AvgIpc) is 3.08. The fraction of sp³-hybridized carbons (Fsp3) is 0. The van der Waals surface area contributed by atoms with Gasteiger partial charge in [-0.05, 0) is 36.4 Å². The van der Waals surface area contributed by atoms with Crippen molar-refractivity contribution >= 4 is 50.8 Å². The average molecular weight is 383 g/mol. The smallest absolute Gasteiger partial charge is 0.336 e. The fourth-order valence-electron chi connectivity index (χ4n) is 3.35. The first-order valence-electron chi connectivity index (χ1n) is 8.85. The molecule has 29 heavy (non-hydrogen) atoms. The topological polar surface area (TPSA) is 93.0 Å². The first-order valence-corrected chi connectivity index (χ1v) is 8.85. The highest BCUT2D eigenvalue weighted by Crippen LogP contribution is 2.32. The van der Waals surface area contributed by atoms with Crippen LogP contribution >= 0.6 is 0 Å². The number of aliphatic imine (C=N–C) groups is 1. The fourth-order valence-corrected chi connectivity index (χ4v) is 3.35. The first kappa shape index (κ1) is 16.9. The summed E-state index contributed by atoms with van der Waals surface area (Å²) in [6.07, 6.45) is 1.57. The second-order valence-corrected chi connectivity index (χ2v) is 6.57. The zero-order valence-corrected chi connectivity index (χ0v) is 15.0. The molecule has 1 N–H and O–H groups in total. The van der Waals surface area contributed by atoms with E-state index in [1.807, 2.05) is 30.3 Å². The van der Waals surface area contributed by atoms with Gasteiger partial charge in [-0.15, -0.1) is 0 Å². The number of nitrogens with zero attached hydrogens (tertiary/aromatic N) is 1. The predicted molar refractivity (Wildman–Crippen MR) is 110 cm³/mol. The Balaban J connectivity index is 1.66. The van der Waals surface area contributed by atoms with E-state index in [2.05, 4.69) is 4.99 Å². The van der Waals surface area contributed by atoms with E-state index in [1.54, 1.807) is 24.4 Å². The molecule has 0 bridgehead atoms. The zero-order valence-electron chi connectivity index (χ0n) is 15.0. The molecular weight excluding hydrogens is 370 g/mol. The van der Waals surface area contributed by atoms with Crippen LogP contribution in [0.4, 0.5) is 5.69 Å². The maximum atomic E-state index is 12.0. The number of furan rings is 1. The third-order valence-corrected chi connectivity index (χ3v) is 4.74. The van der Waals surface area contributed by atoms with Crippen molar-refractivity contribution in [3.63, 3.8) is 0 Å². The molecule has 0 atom stereocenters. The molecule has 0 unspecified atom stereocenters. The van der Waals surface area contributed by atoms with Crippen LogP contribution in [0.1, 0.15) is 15.9 Å². The molecule has 3 aromatic carbocycles. The van der Waals surface area contributed by atoms with Gasteiger partial charge in [0.2, 0.25) is 0 Å². The summed E-state index contributed by atoms with van der Waals surface area (Å²) in [7, 11) is 0. The van der Waals surface area contributed by atoms with Crippen LogP contribution in [0.2, 0.25) is 0 Å². The molecule has 0 aliphatic carbocycles. The number of carboxylic acid groups (broad SMARTS) is 1. The molecule has 0 aliphatic rings. The van der Waals surface area contributed by atoms with E-state index >= 15 is 0 Å². The minimum atomic E-state index is -0.997. The molecule has 0 amide bonds. The Bertz CT molecular complexity index is 1490. The Hall–Kier alpha value is -4.19. The van der Waals surface area contributed by atoms with Gasteiger partial charge < -0.3 is 13.9 Å². The molecule has 0 radical (unpaired) electrons. The normalized spacial score (nSPS) is 11.7. The van der Waals surface area contributed by atoms with Crippen LogP contribution in [-0.2, 0) is 0 Å². The number of aromatic carboxylic acids is 1. The van der Waals surface area contributed by atoms with Crippen molar-refractivity contribution in [3.05, 3.63) is 88.3 Å². The van der Waals surface area contributed by atoms with Crippen molar-refractivity contribution in [2.24, 2.45) is 4.99 Å². The van der Waals surface area contributed by atoms with E-state index in [9.17, 15) is 9.59 Å². The predicted octanol–water partition coefficient (Wildman–Crippen LogP) is 5.14. The number of carbonyl (C=O) groups is 1. The van der Waals surface area contributed by atoms with Crippen molar-refractivity contribution in [2.45, 2.75) is 0 Å². The highest BCUT2D eigenvalue weighted by molar-refractivity contribution is 6.11. The first-order chi connectivity index (χ1) is 14.1. The Labute approximate surface area is 163 Å². The zero-order chi connectivity index (χ0) is 20.0. The lowest BCUT2D eigenvalue weighted by atomic mass is 10.1. The summed E-state index contributed by atoms with van der Waals surface area (Å²) in [5.41, 5.74) is 2.68. The van der Waals surface area contributed by atoms with Crippen LogP contribution in [0.25, 0.3) is 32.9 Å². The minimum absolute atomic E-state index is 0.184. The second-order valence-electron chi connectivity index (χ2n) is 6.57. The molecule has 0 saturated carbocycles. The van der Waals surface area contributed by atoms with Crippen LogP contribution in [0.3, 0.4) is 0 Å². The minimum Gasteiger partial charge on any atom is -0.478 e.